The molecule has 0 spiro atoms. The smallest absolute Gasteiger partial charge is 0.253 e. The molecule has 0 saturated heterocycles. The first-order chi connectivity index (χ1) is 10.0. The van der Waals surface area contributed by atoms with Crippen LogP contribution in [0.3, 0.4) is 0 Å². The third kappa shape index (κ3) is 3.49. The zero-order valence-electron chi connectivity index (χ0n) is 12.3. The summed E-state index contributed by atoms with van der Waals surface area (Å²) in [5.74, 6) is 1.13. The molecule has 0 heterocycles. The van der Waals surface area contributed by atoms with E-state index in [0.717, 1.165) is 10.6 Å². The van der Waals surface area contributed by atoms with Crippen LogP contribution in [0.5, 0.6) is 11.5 Å². The Kier molecular flexibility index (Phi) is 4.75. The summed E-state index contributed by atoms with van der Waals surface area (Å²) in [4.78, 5) is 14.5. The van der Waals surface area contributed by atoms with Gasteiger partial charge in [-0.3, -0.25) is 4.79 Å². The summed E-state index contributed by atoms with van der Waals surface area (Å²) in [5, 5.41) is 0. The van der Waals surface area contributed by atoms with Gasteiger partial charge >= 0.3 is 0 Å². The van der Waals surface area contributed by atoms with Gasteiger partial charge in [0.15, 0.2) is 5.75 Å². The predicted molar refractivity (Wildman–Crippen MR) is 87.2 cm³/mol. The predicted octanol–water partition coefficient (Wildman–Crippen LogP) is 3.48. The Hall–Kier alpha value is -2.14. The van der Waals surface area contributed by atoms with E-state index < -0.39 is 0 Å². The molecule has 2 N–H and O–H groups in total. The average molecular weight is 302 g/mol. The highest BCUT2D eigenvalue weighted by molar-refractivity contribution is 7.98. The first kappa shape index (κ1) is 15.3. The second-order valence-electron chi connectivity index (χ2n) is 4.71. The normalized spacial score (nSPS) is 10.2. The van der Waals surface area contributed by atoms with E-state index in [1.54, 1.807) is 44.1 Å². The first-order valence-corrected chi connectivity index (χ1v) is 7.67. The SMILES string of the molecule is CSc1ccccc1Oc1cc(C(=O)N(C)C)ccc1N. The quantitative estimate of drug-likeness (QED) is 0.694. The van der Waals surface area contributed by atoms with E-state index in [4.69, 9.17) is 10.5 Å². The van der Waals surface area contributed by atoms with Crippen LogP contribution in [0.15, 0.2) is 47.4 Å². The molecule has 0 saturated carbocycles. The van der Waals surface area contributed by atoms with Crippen molar-refractivity contribution in [1.82, 2.24) is 4.90 Å². The van der Waals surface area contributed by atoms with Crippen LogP contribution in [0.2, 0.25) is 0 Å². The largest absolute Gasteiger partial charge is 0.454 e. The number of nitrogens with two attached hydrogens (primary N) is 1. The molecule has 0 fully saturated rings. The van der Waals surface area contributed by atoms with Crippen molar-refractivity contribution >= 4 is 23.4 Å². The lowest BCUT2D eigenvalue weighted by molar-refractivity contribution is 0.0827. The van der Waals surface area contributed by atoms with Crippen molar-refractivity contribution in [2.75, 3.05) is 26.1 Å². The summed E-state index contributed by atoms with van der Waals surface area (Å²) >= 11 is 1.59. The van der Waals surface area contributed by atoms with Crippen LogP contribution in [-0.2, 0) is 0 Å². The van der Waals surface area contributed by atoms with Crippen LogP contribution in [0.25, 0.3) is 0 Å². The number of hydrogen-bond donors (Lipinski definition) is 1. The number of ether oxygens (including phenoxy) is 1. The van der Waals surface area contributed by atoms with Gasteiger partial charge in [0, 0.05) is 24.6 Å². The molecule has 2 aromatic rings. The Labute approximate surface area is 128 Å². The van der Waals surface area contributed by atoms with Gasteiger partial charge in [-0.2, -0.15) is 0 Å². The van der Waals surface area contributed by atoms with Gasteiger partial charge in [-0.05, 0) is 36.6 Å². The molecule has 5 heteroatoms. The second kappa shape index (κ2) is 6.54. The van der Waals surface area contributed by atoms with E-state index in [-0.39, 0.29) is 5.91 Å². The van der Waals surface area contributed by atoms with E-state index in [0.29, 0.717) is 17.0 Å². The highest BCUT2D eigenvalue weighted by Crippen LogP contribution is 2.34. The number of para-hydroxylation sites is 1. The maximum absolute atomic E-state index is 12.0. The molecule has 0 aliphatic heterocycles. The third-order valence-corrected chi connectivity index (χ3v) is 3.73. The molecule has 0 aromatic heterocycles. The lowest BCUT2D eigenvalue weighted by Gasteiger charge is -2.14. The highest BCUT2D eigenvalue weighted by atomic mass is 32.2. The number of rotatable bonds is 4. The summed E-state index contributed by atoms with van der Waals surface area (Å²) in [6.45, 7) is 0. The van der Waals surface area contributed by atoms with Crippen molar-refractivity contribution in [3.05, 3.63) is 48.0 Å². The minimum absolute atomic E-state index is 0.0852. The van der Waals surface area contributed by atoms with Gasteiger partial charge in [-0.1, -0.05) is 12.1 Å². The van der Waals surface area contributed by atoms with Crippen LogP contribution >= 0.6 is 11.8 Å². The fraction of sp³-hybridized carbons (Fsp3) is 0.188. The number of thioether (sulfide) groups is 1. The summed E-state index contributed by atoms with van der Waals surface area (Å²) in [6, 6.07) is 12.8. The molecule has 21 heavy (non-hydrogen) atoms. The Morgan fingerprint density at radius 1 is 1.14 bits per heavy atom. The number of hydrogen-bond acceptors (Lipinski definition) is 4. The molecular formula is C16H18N2O2S. The van der Waals surface area contributed by atoms with Crippen LogP contribution in [0.1, 0.15) is 10.4 Å². The number of amides is 1. The molecule has 1 amide bonds. The maximum atomic E-state index is 12.0. The van der Waals surface area contributed by atoms with Gasteiger partial charge in [0.1, 0.15) is 5.75 Å². The Morgan fingerprint density at radius 3 is 2.52 bits per heavy atom. The van der Waals surface area contributed by atoms with Crippen molar-refractivity contribution in [2.45, 2.75) is 4.90 Å². The molecule has 110 valence electrons. The fourth-order valence-electron chi connectivity index (χ4n) is 1.84. The standard InChI is InChI=1S/C16H18N2O2S/c1-18(2)16(19)11-8-9-12(17)14(10-11)20-13-6-4-5-7-15(13)21-3/h4-10H,17H2,1-3H3. The van der Waals surface area contributed by atoms with Crippen molar-refractivity contribution in [3.8, 4) is 11.5 Å². The number of nitrogen functional groups attached to an aromatic ring is 1. The molecule has 0 unspecified atom stereocenters. The van der Waals surface area contributed by atoms with Crippen LogP contribution in [0, 0.1) is 0 Å². The van der Waals surface area contributed by atoms with Crippen molar-refractivity contribution < 1.29 is 9.53 Å². The Balaban J connectivity index is 2.35. The molecule has 2 aromatic carbocycles. The second-order valence-corrected chi connectivity index (χ2v) is 5.55. The minimum Gasteiger partial charge on any atom is -0.454 e. The zero-order chi connectivity index (χ0) is 15.4. The number of carbonyl (C=O) groups is 1. The summed E-state index contributed by atoms with van der Waals surface area (Å²) in [6.07, 6.45) is 1.98. The van der Waals surface area contributed by atoms with Gasteiger partial charge in [0.05, 0.1) is 5.69 Å². The molecule has 0 radical (unpaired) electrons. The van der Waals surface area contributed by atoms with E-state index in [9.17, 15) is 4.79 Å². The van der Waals surface area contributed by atoms with E-state index in [2.05, 4.69) is 0 Å². The van der Waals surface area contributed by atoms with Gasteiger partial charge in [0.25, 0.3) is 5.91 Å². The molecular weight excluding hydrogens is 284 g/mol. The fourth-order valence-corrected chi connectivity index (χ4v) is 2.36. The molecule has 0 aliphatic carbocycles. The van der Waals surface area contributed by atoms with Gasteiger partial charge in [0.2, 0.25) is 0 Å². The van der Waals surface area contributed by atoms with Crippen LogP contribution in [0.4, 0.5) is 5.69 Å². The number of anilines is 1. The van der Waals surface area contributed by atoms with Crippen molar-refractivity contribution in [1.29, 1.82) is 0 Å². The topological polar surface area (TPSA) is 55.6 Å². The van der Waals surface area contributed by atoms with Gasteiger partial charge in [-0.15, -0.1) is 11.8 Å². The van der Waals surface area contributed by atoms with Crippen LogP contribution in [-0.4, -0.2) is 31.2 Å². The molecule has 2 rings (SSSR count). The minimum atomic E-state index is -0.0852. The Bertz CT molecular complexity index is 656. The monoisotopic (exact) mass is 302 g/mol. The number of benzene rings is 2. The van der Waals surface area contributed by atoms with E-state index in [1.807, 2.05) is 30.5 Å². The molecule has 0 bridgehead atoms. The Morgan fingerprint density at radius 2 is 1.86 bits per heavy atom. The molecule has 4 nitrogen and oxygen atoms in total. The van der Waals surface area contributed by atoms with Crippen molar-refractivity contribution in [2.24, 2.45) is 0 Å². The van der Waals surface area contributed by atoms with Gasteiger partial charge in [-0.25, -0.2) is 0 Å². The molecule has 0 atom stereocenters. The first-order valence-electron chi connectivity index (χ1n) is 6.45. The average Bonchev–Trinajstić information content (AvgIpc) is 2.49. The number of nitrogens with zero attached hydrogens (tertiary/aromatic N) is 1. The highest BCUT2D eigenvalue weighted by Gasteiger charge is 2.12. The zero-order valence-corrected chi connectivity index (χ0v) is 13.1. The lowest BCUT2D eigenvalue weighted by atomic mass is 10.1. The van der Waals surface area contributed by atoms with E-state index in [1.165, 1.54) is 4.90 Å². The summed E-state index contributed by atoms with van der Waals surface area (Å²) in [5.41, 5.74) is 7.00. The van der Waals surface area contributed by atoms with Crippen LogP contribution < -0.4 is 10.5 Å². The lowest BCUT2D eigenvalue weighted by Crippen LogP contribution is -2.21. The summed E-state index contributed by atoms with van der Waals surface area (Å²) < 4.78 is 5.89. The van der Waals surface area contributed by atoms with Gasteiger partial charge < -0.3 is 15.4 Å². The van der Waals surface area contributed by atoms with Crippen molar-refractivity contribution in [3.63, 3.8) is 0 Å². The van der Waals surface area contributed by atoms with E-state index >= 15 is 0 Å². The maximum Gasteiger partial charge on any atom is 0.253 e. The third-order valence-electron chi connectivity index (χ3n) is 2.96. The molecule has 0 aliphatic rings. The number of carbonyl (C=O) groups excluding carboxylic acids is 1. The summed E-state index contributed by atoms with van der Waals surface area (Å²) in [7, 11) is 3.42.